The van der Waals surface area contributed by atoms with Crippen LogP contribution in [0.4, 0.5) is 34.1 Å². The normalized spacial score (nSPS) is 14.8. The van der Waals surface area contributed by atoms with E-state index in [1.807, 2.05) is 11.8 Å². The van der Waals surface area contributed by atoms with E-state index in [0.717, 1.165) is 34.1 Å². The minimum absolute atomic E-state index is 0.174. The van der Waals surface area contributed by atoms with Crippen LogP contribution in [0.2, 0.25) is 0 Å². The average molecular weight is 991 g/mol. The third kappa shape index (κ3) is 6.24. The highest BCUT2D eigenvalue weighted by molar-refractivity contribution is 7.99. The maximum atomic E-state index is 2.53. The minimum Gasteiger partial charge on any atom is -0.309 e. The second-order valence-electron chi connectivity index (χ2n) is 21.9. The van der Waals surface area contributed by atoms with Gasteiger partial charge < -0.3 is 9.80 Å². The van der Waals surface area contributed by atoms with E-state index in [-0.39, 0.29) is 10.8 Å². The Labute approximate surface area is 450 Å². The molecular weight excluding hydrogens is 937 g/mol. The molecule has 0 amide bonds. The number of hydrogen-bond donors (Lipinski definition) is 0. The number of fused-ring (bicyclic) bond motifs is 17. The Balaban J connectivity index is 1.04. The molecule has 1 spiro atoms. The second kappa shape index (κ2) is 16.7. The smallest absolute Gasteiger partial charge is 0.0736 e. The van der Waals surface area contributed by atoms with E-state index in [1.54, 1.807) is 0 Å². The van der Waals surface area contributed by atoms with Gasteiger partial charge in [-0.3, -0.25) is 0 Å². The molecule has 11 aromatic rings. The van der Waals surface area contributed by atoms with Crippen LogP contribution in [0.15, 0.2) is 265 Å². The molecule has 0 bridgehead atoms. The zero-order valence-electron chi connectivity index (χ0n) is 43.1. The second-order valence-corrected chi connectivity index (χ2v) is 23.0. The molecule has 362 valence electrons. The van der Waals surface area contributed by atoms with Gasteiger partial charge in [0.1, 0.15) is 0 Å². The maximum Gasteiger partial charge on any atom is 0.0736 e. The lowest BCUT2D eigenvalue weighted by atomic mass is 9.63. The standard InChI is InChI=1S/C73H54N2S/c1-71(2)59-33-17-13-31-55(59)57-43-41-49(45-65(57)71)74(47-23-7-5-8-24-47)67-39-21-37-63-69(67)76-70-64(73(63)61-35-19-15-29-53(61)51-27-11-12-28-52(51)54-30-16-20-36-62(54)73)38-22-40-68(70)75(48-25-9-6-10-26-48)50-42-44-58-56-32-14-18-34-60(56)72(3,4)66(58)46-50/h5-46H,1-4H3. The summed E-state index contributed by atoms with van der Waals surface area (Å²) in [6, 6.07) is 96.2. The van der Waals surface area contributed by atoms with Crippen molar-refractivity contribution in [2.45, 2.75) is 53.7 Å². The molecule has 11 aromatic carbocycles. The largest absolute Gasteiger partial charge is 0.309 e. The zero-order chi connectivity index (χ0) is 50.9. The molecule has 0 unspecified atom stereocenters. The fraction of sp³-hybridized carbons (Fsp3) is 0.0959. The van der Waals surface area contributed by atoms with Crippen LogP contribution in [0, 0.1) is 0 Å². The van der Waals surface area contributed by atoms with E-state index in [9.17, 15) is 0 Å². The van der Waals surface area contributed by atoms with Crippen LogP contribution in [-0.2, 0) is 16.2 Å². The average Bonchev–Trinajstić information content (AvgIpc) is 3.94. The summed E-state index contributed by atoms with van der Waals surface area (Å²) >= 11 is 1.93. The summed E-state index contributed by atoms with van der Waals surface area (Å²) in [5.41, 5.74) is 26.4. The molecule has 0 radical (unpaired) electrons. The molecule has 0 aromatic heterocycles. The predicted octanol–water partition coefficient (Wildman–Crippen LogP) is 19.7. The van der Waals surface area contributed by atoms with Crippen LogP contribution >= 0.6 is 11.8 Å². The van der Waals surface area contributed by atoms with E-state index in [4.69, 9.17) is 0 Å². The van der Waals surface area contributed by atoms with E-state index in [0.29, 0.717) is 0 Å². The fourth-order valence-corrected chi connectivity index (χ4v) is 15.3. The monoisotopic (exact) mass is 990 g/mol. The lowest BCUT2D eigenvalue weighted by molar-refractivity contribution is 0.660. The van der Waals surface area contributed by atoms with Crippen molar-refractivity contribution in [3.8, 4) is 44.5 Å². The summed E-state index contributed by atoms with van der Waals surface area (Å²) in [6.45, 7) is 9.54. The van der Waals surface area contributed by atoms with Crippen molar-refractivity contribution in [2.75, 3.05) is 9.80 Å². The predicted molar refractivity (Wildman–Crippen MR) is 318 cm³/mol. The lowest BCUT2D eigenvalue weighted by Gasteiger charge is -2.45. The van der Waals surface area contributed by atoms with Gasteiger partial charge in [0, 0.05) is 43.4 Å². The van der Waals surface area contributed by atoms with E-state index in [2.05, 4.69) is 292 Å². The van der Waals surface area contributed by atoms with Crippen molar-refractivity contribution >= 4 is 45.9 Å². The van der Waals surface area contributed by atoms with Crippen LogP contribution in [0.5, 0.6) is 0 Å². The number of rotatable bonds is 6. The molecule has 1 heterocycles. The van der Waals surface area contributed by atoms with E-state index < -0.39 is 5.41 Å². The number of anilines is 6. The fourth-order valence-electron chi connectivity index (χ4n) is 13.9. The van der Waals surface area contributed by atoms with E-state index in [1.165, 1.54) is 98.8 Å². The van der Waals surface area contributed by atoms with Crippen molar-refractivity contribution in [2.24, 2.45) is 0 Å². The molecule has 3 aliphatic carbocycles. The number of benzene rings is 11. The molecule has 1 aliphatic heterocycles. The molecular formula is C73H54N2S. The molecule has 2 nitrogen and oxygen atoms in total. The SMILES string of the molecule is CC1(C)c2ccccc2-c2ccc(N(c3ccccc3)c3cccc4c3Sc3c(N(c5ccccc5)c5ccc6c(c5)C(C)(C)c5ccccc5-6)cccc3C43c4ccccc4-c4ccccc4-c4ccccc43)cc21. The van der Waals surface area contributed by atoms with Crippen molar-refractivity contribution in [1.82, 2.24) is 0 Å². The highest BCUT2D eigenvalue weighted by Crippen LogP contribution is 2.65. The first-order chi connectivity index (χ1) is 37.2. The van der Waals surface area contributed by atoms with Crippen molar-refractivity contribution in [3.63, 3.8) is 0 Å². The summed E-state index contributed by atoms with van der Waals surface area (Å²) in [6.07, 6.45) is 0. The minimum atomic E-state index is -0.762. The van der Waals surface area contributed by atoms with E-state index >= 15 is 0 Å². The number of hydrogen-bond acceptors (Lipinski definition) is 3. The van der Waals surface area contributed by atoms with Crippen LogP contribution in [0.3, 0.4) is 0 Å². The molecule has 4 aliphatic rings. The molecule has 0 fully saturated rings. The van der Waals surface area contributed by atoms with Crippen LogP contribution in [0.1, 0.15) is 72.2 Å². The summed E-state index contributed by atoms with van der Waals surface area (Å²) in [5.74, 6) is 0. The van der Waals surface area contributed by atoms with Gasteiger partial charge in [-0.2, -0.15) is 0 Å². The Bertz CT molecular complexity index is 3900. The van der Waals surface area contributed by atoms with Crippen molar-refractivity contribution in [3.05, 3.63) is 299 Å². The Kier molecular flexibility index (Phi) is 9.84. The first-order valence-corrected chi connectivity index (χ1v) is 27.5. The van der Waals surface area contributed by atoms with Gasteiger partial charge in [0.2, 0.25) is 0 Å². The quantitative estimate of drug-likeness (QED) is 0.164. The van der Waals surface area contributed by atoms with Gasteiger partial charge >= 0.3 is 0 Å². The Morgan fingerprint density at radius 3 is 0.974 bits per heavy atom. The van der Waals surface area contributed by atoms with Gasteiger partial charge in [0.05, 0.1) is 16.8 Å². The first kappa shape index (κ1) is 44.8. The molecule has 0 saturated carbocycles. The zero-order valence-corrected chi connectivity index (χ0v) is 43.9. The summed E-state index contributed by atoms with van der Waals surface area (Å²) < 4.78 is 0. The van der Waals surface area contributed by atoms with Crippen LogP contribution in [0.25, 0.3) is 44.5 Å². The lowest BCUT2D eigenvalue weighted by Crippen LogP contribution is -2.35. The topological polar surface area (TPSA) is 6.48 Å². The van der Waals surface area contributed by atoms with Gasteiger partial charge in [-0.15, -0.1) is 0 Å². The molecule has 0 atom stereocenters. The molecule has 76 heavy (non-hydrogen) atoms. The Morgan fingerprint density at radius 2 is 0.566 bits per heavy atom. The third-order valence-corrected chi connectivity index (χ3v) is 18.6. The van der Waals surface area contributed by atoms with Gasteiger partial charge in [-0.25, -0.2) is 0 Å². The van der Waals surface area contributed by atoms with Crippen molar-refractivity contribution in [1.29, 1.82) is 0 Å². The van der Waals surface area contributed by atoms with Gasteiger partial charge in [0.15, 0.2) is 0 Å². The highest BCUT2D eigenvalue weighted by atomic mass is 32.2. The maximum absolute atomic E-state index is 2.53. The first-order valence-electron chi connectivity index (χ1n) is 26.7. The van der Waals surface area contributed by atoms with Gasteiger partial charge in [-0.1, -0.05) is 234 Å². The summed E-state index contributed by atoms with van der Waals surface area (Å²) in [7, 11) is 0. The summed E-state index contributed by atoms with van der Waals surface area (Å²) in [5, 5.41) is 0. The Hall–Kier alpha value is -8.63. The number of nitrogens with zero attached hydrogens (tertiary/aromatic N) is 2. The highest BCUT2D eigenvalue weighted by Gasteiger charge is 2.50. The Morgan fingerprint density at radius 1 is 0.250 bits per heavy atom. The molecule has 0 N–H and O–H groups in total. The van der Waals surface area contributed by atoms with Crippen LogP contribution < -0.4 is 9.80 Å². The number of para-hydroxylation sites is 2. The van der Waals surface area contributed by atoms with Crippen LogP contribution in [-0.4, -0.2) is 0 Å². The van der Waals surface area contributed by atoms with Gasteiger partial charge in [-0.05, 0) is 150 Å². The van der Waals surface area contributed by atoms with Crippen molar-refractivity contribution < 1.29 is 0 Å². The van der Waals surface area contributed by atoms with Gasteiger partial charge in [0.25, 0.3) is 0 Å². The molecule has 3 heteroatoms. The molecule has 0 saturated heterocycles. The summed E-state index contributed by atoms with van der Waals surface area (Å²) in [4.78, 5) is 7.52. The molecule has 15 rings (SSSR count). The third-order valence-electron chi connectivity index (χ3n) is 17.3.